The summed E-state index contributed by atoms with van der Waals surface area (Å²) in [5.41, 5.74) is 3.66. The van der Waals surface area contributed by atoms with E-state index in [0.29, 0.717) is 11.8 Å². The summed E-state index contributed by atoms with van der Waals surface area (Å²) in [6, 6.07) is 0.582. The predicted molar refractivity (Wildman–Crippen MR) is 64.0 cm³/mol. The summed E-state index contributed by atoms with van der Waals surface area (Å²) in [5, 5.41) is 0. The maximum absolute atomic E-state index is 12.0. The molecule has 1 saturated heterocycles. The quantitative estimate of drug-likeness (QED) is 0.622. The van der Waals surface area contributed by atoms with E-state index in [-0.39, 0.29) is 0 Å². The molecule has 1 aliphatic carbocycles. The zero-order valence-corrected chi connectivity index (χ0v) is 9.96. The largest absolute Gasteiger partial charge is 0.368 e. The fourth-order valence-corrected chi connectivity index (χ4v) is 3.40. The van der Waals surface area contributed by atoms with Crippen LogP contribution in [0.3, 0.4) is 0 Å². The summed E-state index contributed by atoms with van der Waals surface area (Å²) < 4.78 is 0. The summed E-state index contributed by atoms with van der Waals surface area (Å²) in [7, 11) is 0. The normalized spacial score (nSPS) is 29.8. The van der Waals surface area contributed by atoms with E-state index < -0.39 is 0 Å². The molecule has 0 amide bonds. The lowest BCUT2D eigenvalue weighted by Gasteiger charge is -2.43. The number of nitrogens with zero attached hydrogens (tertiary/aromatic N) is 1. The summed E-state index contributed by atoms with van der Waals surface area (Å²) >= 11 is 0. The van der Waals surface area contributed by atoms with E-state index in [9.17, 15) is 4.79 Å². The Morgan fingerprint density at radius 2 is 2.12 bits per heavy atom. The monoisotopic (exact) mass is 217 g/mol. The lowest BCUT2D eigenvalue weighted by Crippen LogP contribution is -2.42. The fraction of sp³-hybridized carbons (Fsp3) is 0.643. The Bertz CT molecular complexity index is 392. The molecule has 3 aliphatic rings. The maximum Gasteiger partial charge on any atom is 0.164 e. The van der Waals surface area contributed by atoms with Crippen molar-refractivity contribution in [1.29, 1.82) is 0 Å². The van der Waals surface area contributed by atoms with E-state index in [4.69, 9.17) is 0 Å². The Morgan fingerprint density at radius 1 is 1.25 bits per heavy atom. The summed E-state index contributed by atoms with van der Waals surface area (Å²) in [6.45, 7) is 3.27. The highest BCUT2D eigenvalue weighted by molar-refractivity contribution is 6.01. The molecule has 2 aliphatic heterocycles. The molecule has 0 aromatic carbocycles. The minimum absolute atomic E-state index is 0.374. The number of ketones is 1. The second-order valence-corrected chi connectivity index (χ2v) is 5.20. The molecule has 0 aromatic rings. The van der Waals surface area contributed by atoms with Crippen LogP contribution in [0.15, 0.2) is 22.9 Å². The third-order valence-corrected chi connectivity index (χ3v) is 4.12. The van der Waals surface area contributed by atoms with Crippen molar-refractivity contribution in [2.24, 2.45) is 0 Å². The Labute approximate surface area is 97.0 Å². The van der Waals surface area contributed by atoms with E-state index in [1.807, 2.05) is 0 Å². The average molecular weight is 217 g/mol. The number of carbonyl (C=O) groups is 1. The van der Waals surface area contributed by atoms with Gasteiger partial charge in [0.15, 0.2) is 5.78 Å². The number of rotatable bonds is 0. The summed E-state index contributed by atoms with van der Waals surface area (Å²) in [5.74, 6) is 0.374. The third-order valence-electron chi connectivity index (χ3n) is 4.12. The number of fused-ring (bicyclic) bond motifs is 2. The van der Waals surface area contributed by atoms with Gasteiger partial charge in [-0.05, 0) is 44.6 Å². The van der Waals surface area contributed by atoms with E-state index in [1.54, 1.807) is 0 Å². The van der Waals surface area contributed by atoms with Crippen molar-refractivity contribution >= 4 is 5.78 Å². The molecular weight excluding hydrogens is 198 g/mol. The number of allylic oxidation sites excluding steroid dienone is 3. The van der Waals surface area contributed by atoms with Crippen LogP contribution >= 0.6 is 0 Å². The number of Topliss-reactive ketones (excluding diaryl/α,β-unsaturated/α-hetero) is 1. The lowest BCUT2D eigenvalue weighted by molar-refractivity contribution is -0.116. The Kier molecular flexibility index (Phi) is 2.38. The van der Waals surface area contributed by atoms with Gasteiger partial charge in [-0.25, -0.2) is 0 Å². The predicted octanol–water partition coefficient (Wildman–Crippen LogP) is 2.81. The van der Waals surface area contributed by atoms with Crippen LogP contribution in [0.1, 0.15) is 45.4 Å². The molecule has 0 N–H and O–H groups in total. The highest BCUT2D eigenvalue weighted by Gasteiger charge is 2.33. The van der Waals surface area contributed by atoms with Gasteiger partial charge in [0.1, 0.15) is 0 Å². The molecule has 0 aromatic heterocycles. The second-order valence-electron chi connectivity index (χ2n) is 5.20. The van der Waals surface area contributed by atoms with Gasteiger partial charge >= 0.3 is 0 Å². The molecule has 16 heavy (non-hydrogen) atoms. The molecule has 2 heteroatoms. The Balaban J connectivity index is 2.03. The highest BCUT2D eigenvalue weighted by Crippen LogP contribution is 2.37. The standard InChI is InChI=1S/C14H19NO/c1-10-9-11-5-2-3-8-15(11)12-6-4-7-13(16)14(10)12/h9,11H,2-8H2,1H3. The minimum atomic E-state index is 0.374. The van der Waals surface area contributed by atoms with Crippen molar-refractivity contribution in [3.63, 3.8) is 0 Å². The molecule has 0 radical (unpaired) electrons. The van der Waals surface area contributed by atoms with Crippen LogP contribution < -0.4 is 0 Å². The lowest BCUT2D eigenvalue weighted by atomic mass is 9.83. The fourth-order valence-electron chi connectivity index (χ4n) is 3.40. The summed E-state index contributed by atoms with van der Waals surface area (Å²) in [4.78, 5) is 14.5. The van der Waals surface area contributed by atoms with Gasteiger partial charge in [-0.15, -0.1) is 0 Å². The topological polar surface area (TPSA) is 20.3 Å². The Morgan fingerprint density at radius 3 is 3.00 bits per heavy atom. The van der Waals surface area contributed by atoms with Crippen molar-refractivity contribution in [3.8, 4) is 0 Å². The van der Waals surface area contributed by atoms with E-state index in [1.165, 1.54) is 30.5 Å². The molecule has 0 spiro atoms. The molecule has 2 heterocycles. The van der Waals surface area contributed by atoms with Crippen molar-refractivity contribution in [1.82, 2.24) is 4.90 Å². The first kappa shape index (κ1) is 10.1. The van der Waals surface area contributed by atoms with Crippen LogP contribution in [-0.2, 0) is 4.79 Å². The molecule has 2 nitrogen and oxygen atoms in total. The highest BCUT2D eigenvalue weighted by atomic mass is 16.1. The maximum atomic E-state index is 12.0. The van der Waals surface area contributed by atoms with Gasteiger partial charge in [0, 0.05) is 30.3 Å². The van der Waals surface area contributed by atoms with Gasteiger partial charge in [0.2, 0.25) is 0 Å². The van der Waals surface area contributed by atoms with Gasteiger partial charge < -0.3 is 4.90 Å². The number of hydrogen-bond donors (Lipinski definition) is 0. The molecule has 0 bridgehead atoms. The van der Waals surface area contributed by atoms with Crippen LogP contribution in [-0.4, -0.2) is 23.3 Å². The average Bonchev–Trinajstić information content (AvgIpc) is 2.29. The smallest absolute Gasteiger partial charge is 0.164 e. The number of piperidine rings is 1. The summed E-state index contributed by atoms with van der Waals surface area (Å²) in [6.07, 6.45) is 9.12. The van der Waals surface area contributed by atoms with E-state index in [2.05, 4.69) is 17.9 Å². The zero-order valence-electron chi connectivity index (χ0n) is 9.96. The van der Waals surface area contributed by atoms with Gasteiger partial charge in [-0.3, -0.25) is 4.79 Å². The first-order chi connectivity index (χ1) is 7.77. The van der Waals surface area contributed by atoms with Crippen molar-refractivity contribution in [2.45, 2.75) is 51.5 Å². The number of carbonyl (C=O) groups excluding carboxylic acids is 1. The van der Waals surface area contributed by atoms with Gasteiger partial charge in [0.25, 0.3) is 0 Å². The molecule has 1 fully saturated rings. The van der Waals surface area contributed by atoms with Crippen molar-refractivity contribution in [2.75, 3.05) is 6.54 Å². The molecule has 3 rings (SSSR count). The van der Waals surface area contributed by atoms with E-state index in [0.717, 1.165) is 31.4 Å². The SMILES string of the molecule is CC1=CC2CCCCN2C2=C1C(=O)CCC2. The van der Waals surface area contributed by atoms with E-state index >= 15 is 0 Å². The molecular formula is C14H19NO. The second kappa shape index (κ2) is 3.76. The van der Waals surface area contributed by atoms with Gasteiger partial charge in [-0.2, -0.15) is 0 Å². The first-order valence-electron chi connectivity index (χ1n) is 6.49. The third kappa shape index (κ3) is 1.43. The van der Waals surface area contributed by atoms with Crippen molar-refractivity contribution in [3.05, 3.63) is 22.9 Å². The van der Waals surface area contributed by atoms with Crippen LogP contribution in [0.4, 0.5) is 0 Å². The molecule has 0 saturated carbocycles. The van der Waals surface area contributed by atoms with Crippen molar-refractivity contribution < 1.29 is 4.79 Å². The molecule has 86 valence electrons. The zero-order chi connectivity index (χ0) is 11.1. The van der Waals surface area contributed by atoms with Crippen LogP contribution in [0.25, 0.3) is 0 Å². The first-order valence-corrected chi connectivity index (χ1v) is 6.49. The van der Waals surface area contributed by atoms with Gasteiger partial charge in [0.05, 0.1) is 0 Å². The Hall–Kier alpha value is -1.05. The van der Waals surface area contributed by atoms with Gasteiger partial charge in [-0.1, -0.05) is 6.08 Å². The molecule has 1 atom stereocenters. The van der Waals surface area contributed by atoms with Crippen LogP contribution in [0.5, 0.6) is 0 Å². The van der Waals surface area contributed by atoms with Crippen LogP contribution in [0.2, 0.25) is 0 Å². The molecule has 1 unspecified atom stereocenters. The minimum Gasteiger partial charge on any atom is -0.368 e. The van der Waals surface area contributed by atoms with Crippen LogP contribution in [0, 0.1) is 0 Å². The number of hydrogen-bond acceptors (Lipinski definition) is 2.